The number of halogens is 2. The molecule has 0 saturated carbocycles. The molecule has 0 saturated heterocycles. The Morgan fingerprint density at radius 1 is 1.29 bits per heavy atom. The topological polar surface area (TPSA) is 68.0 Å². The quantitative estimate of drug-likeness (QED) is 0.885. The summed E-state index contributed by atoms with van der Waals surface area (Å²) in [6.45, 7) is 2.49. The van der Waals surface area contributed by atoms with E-state index in [1.165, 1.54) is 0 Å². The smallest absolute Gasteiger partial charge is 0.236 e. The molecule has 0 aliphatic heterocycles. The fourth-order valence-electron chi connectivity index (χ4n) is 2.01. The third kappa shape index (κ3) is 5.16. The van der Waals surface area contributed by atoms with Crippen LogP contribution in [-0.4, -0.2) is 23.5 Å². The zero-order valence-electron chi connectivity index (χ0n) is 11.9. The van der Waals surface area contributed by atoms with Gasteiger partial charge in [0.15, 0.2) is 0 Å². The number of nitrogens with one attached hydrogen (secondary N) is 1. The summed E-state index contributed by atoms with van der Waals surface area (Å²) in [5.41, 5.74) is 7.80. The lowest BCUT2D eigenvalue weighted by atomic mass is 10.1. The number of benzene rings is 1. The van der Waals surface area contributed by atoms with Gasteiger partial charge in [0.2, 0.25) is 5.91 Å². The van der Waals surface area contributed by atoms with Crippen molar-refractivity contribution in [2.24, 2.45) is 5.73 Å². The molecule has 2 rings (SSSR count). The number of fused-ring (bicyclic) bond motifs is 1. The number of rotatable bonds is 5. The monoisotopic (exact) mass is 329 g/mol. The number of pyridine rings is 1. The maximum absolute atomic E-state index is 11.6. The maximum atomic E-state index is 11.6. The third-order valence-electron chi connectivity index (χ3n) is 3.19. The number of carbonyl (C=O) groups is 1. The van der Waals surface area contributed by atoms with Gasteiger partial charge in [0.05, 0.1) is 11.6 Å². The molecule has 2 aromatic rings. The first-order valence-corrected chi connectivity index (χ1v) is 6.58. The highest BCUT2D eigenvalue weighted by Crippen LogP contribution is 2.15. The molecule has 0 spiro atoms. The van der Waals surface area contributed by atoms with E-state index in [-0.39, 0.29) is 30.7 Å². The standard InChI is InChI=1S/C15H19N3O.2ClH/c1-2-13(16)15(19)18-10-8-12-6-3-5-11-7-4-9-17-14(11)12;;/h3-7,9,13H,2,8,10,16H2,1H3,(H,18,19);2*1H/t13-;;/m0../s1. The minimum absolute atomic E-state index is 0. The summed E-state index contributed by atoms with van der Waals surface area (Å²) in [5, 5.41) is 3.98. The number of hydrogen-bond donors (Lipinski definition) is 2. The van der Waals surface area contributed by atoms with Crippen LogP contribution in [0.15, 0.2) is 36.5 Å². The SMILES string of the molecule is CC[C@H](N)C(=O)NCCc1cccc2cccnc12.Cl.Cl. The second kappa shape index (κ2) is 9.55. The van der Waals surface area contributed by atoms with Crippen molar-refractivity contribution in [2.75, 3.05) is 6.54 Å². The van der Waals surface area contributed by atoms with E-state index >= 15 is 0 Å². The summed E-state index contributed by atoms with van der Waals surface area (Å²) in [4.78, 5) is 16.0. The van der Waals surface area contributed by atoms with Crippen molar-refractivity contribution in [3.05, 3.63) is 42.1 Å². The Morgan fingerprint density at radius 2 is 2.00 bits per heavy atom. The number of nitrogens with zero attached hydrogens (tertiary/aromatic N) is 1. The van der Waals surface area contributed by atoms with Crippen LogP contribution in [0.3, 0.4) is 0 Å². The zero-order chi connectivity index (χ0) is 13.7. The minimum Gasteiger partial charge on any atom is -0.354 e. The van der Waals surface area contributed by atoms with E-state index in [4.69, 9.17) is 5.73 Å². The van der Waals surface area contributed by atoms with Crippen molar-refractivity contribution >= 4 is 41.6 Å². The van der Waals surface area contributed by atoms with Crippen LogP contribution >= 0.6 is 24.8 Å². The Labute approximate surface area is 137 Å². The highest BCUT2D eigenvalue weighted by Gasteiger charge is 2.10. The number of amides is 1. The largest absolute Gasteiger partial charge is 0.354 e. The van der Waals surface area contributed by atoms with E-state index in [1.54, 1.807) is 6.20 Å². The fourth-order valence-corrected chi connectivity index (χ4v) is 2.01. The molecular formula is C15H21Cl2N3O. The van der Waals surface area contributed by atoms with E-state index in [0.29, 0.717) is 13.0 Å². The summed E-state index contributed by atoms with van der Waals surface area (Å²) >= 11 is 0. The van der Waals surface area contributed by atoms with E-state index in [9.17, 15) is 4.79 Å². The van der Waals surface area contributed by atoms with Crippen LogP contribution in [0, 0.1) is 0 Å². The van der Waals surface area contributed by atoms with Crippen molar-refractivity contribution in [1.29, 1.82) is 0 Å². The van der Waals surface area contributed by atoms with Crippen LogP contribution in [0.25, 0.3) is 10.9 Å². The van der Waals surface area contributed by atoms with Gasteiger partial charge in [-0.1, -0.05) is 31.2 Å². The molecule has 1 amide bonds. The number of para-hydroxylation sites is 1. The van der Waals surface area contributed by atoms with Gasteiger partial charge < -0.3 is 11.1 Å². The molecule has 1 heterocycles. The number of carbonyl (C=O) groups excluding carboxylic acids is 1. The summed E-state index contributed by atoms with van der Waals surface area (Å²) < 4.78 is 0. The molecule has 0 aliphatic carbocycles. The molecule has 3 N–H and O–H groups in total. The van der Waals surface area contributed by atoms with Gasteiger partial charge in [-0.3, -0.25) is 9.78 Å². The van der Waals surface area contributed by atoms with Gasteiger partial charge in [-0.25, -0.2) is 0 Å². The lowest BCUT2D eigenvalue weighted by Gasteiger charge is -2.10. The molecule has 21 heavy (non-hydrogen) atoms. The molecule has 0 unspecified atom stereocenters. The second-order valence-electron chi connectivity index (χ2n) is 4.55. The Balaban J connectivity index is 0.00000200. The van der Waals surface area contributed by atoms with E-state index in [1.807, 2.05) is 37.3 Å². The lowest BCUT2D eigenvalue weighted by molar-refractivity contribution is -0.122. The van der Waals surface area contributed by atoms with Crippen molar-refractivity contribution < 1.29 is 4.79 Å². The van der Waals surface area contributed by atoms with E-state index in [0.717, 1.165) is 22.9 Å². The van der Waals surface area contributed by atoms with Crippen molar-refractivity contribution in [1.82, 2.24) is 10.3 Å². The molecule has 1 atom stereocenters. The molecule has 1 aromatic heterocycles. The number of hydrogen-bond acceptors (Lipinski definition) is 3. The van der Waals surface area contributed by atoms with Crippen LogP contribution in [0.2, 0.25) is 0 Å². The minimum atomic E-state index is -0.411. The van der Waals surface area contributed by atoms with Gasteiger partial charge in [0, 0.05) is 18.1 Å². The van der Waals surface area contributed by atoms with Crippen LogP contribution in [0.5, 0.6) is 0 Å². The summed E-state index contributed by atoms with van der Waals surface area (Å²) in [6.07, 6.45) is 3.20. The average Bonchev–Trinajstić information content (AvgIpc) is 2.46. The number of nitrogens with two attached hydrogens (primary N) is 1. The van der Waals surface area contributed by atoms with Gasteiger partial charge in [0.1, 0.15) is 0 Å². The van der Waals surface area contributed by atoms with Crippen LogP contribution < -0.4 is 11.1 Å². The molecule has 0 aliphatic rings. The summed E-state index contributed by atoms with van der Waals surface area (Å²) in [6, 6.07) is 9.65. The van der Waals surface area contributed by atoms with E-state index in [2.05, 4.69) is 10.3 Å². The zero-order valence-corrected chi connectivity index (χ0v) is 13.5. The van der Waals surface area contributed by atoms with Crippen LogP contribution in [-0.2, 0) is 11.2 Å². The predicted octanol–water partition coefficient (Wildman–Crippen LogP) is 2.47. The molecule has 4 nitrogen and oxygen atoms in total. The van der Waals surface area contributed by atoms with Gasteiger partial charge in [-0.05, 0) is 24.5 Å². The Morgan fingerprint density at radius 3 is 2.71 bits per heavy atom. The fraction of sp³-hybridized carbons (Fsp3) is 0.333. The van der Waals surface area contributed by atoms with Gasteiger partial charge >= 0.3 is 0 Å². The molecule has 116 valence electrons. The molecular weight excluding hydrogens is 309 g/mol. The van der Waals surface area contributed by atoms with Crippen molar-refractivity contribution in [2.45, 2.75) is 25.8 Å². The molecule has 0 bridgehead atoms. The summed E-state index contributed by atoms with van der Waals surface area (Å²) in [5.74, 6) is -0.0873. The second-order valence-corrected chi connectivity index (χ2v) is 4.55. The average molecular weight is 330 g/mol. The number of aromatic nitrogens is 1. The lowest BCUT2D eigenvalue weighted by Crippen LogP contribution is -2.40. The molecule has 0 fully saturated rings. The molecule has 0 radical (unpaired) electrons. The van der Waals surface area contributed by atoms with Gasteiger partial charge in [-0.2, -0.15) is 0 Å². The highest BCUT2D eigenvalue weighted by molar-refractivity contribution is 5.85. The first kappa shape index (κ1) is 19.6. The van der Waals surface area contributed by atoms with E-state index < -0.39 is 6.04 Å². The van der Waals surface area contributed by atoms with Crippen molar-refractivity contribution in [3.8, 4) is 0 Å². The first-order chi connectivity index (χ1) is 9.22. The maximum Gasteiger partial charge on any atom is 0.236 e. The highest BCUT2D eigenvalue weighted by atomic mass is 35.5. The summed E-state index contributed by atoms with van der Waals surface area (Å²) in [7, 11) is 0. The van der Waals surface area contributed by atoms with Crippen LogP contribution in [0.1, 0.15) is 18.9 Å². The molecule has 1 aromatic carbocycles. The third-order valence-corrected chi connectivity index (χ3v) is 3.19. The Bertz CT molecular complexity index is 572. The Hall–Kier alpha value is -1.36. The van der Waals surface area contributed by atoms with Crippen molar-refractivity contribution in [3.63, 3.8) is 0 Å². The van der Waals surface area contributed by atoms with Crippen LogP contribution in [0.4, 0.5) is 0 Å². The van der Waals surface area contributed by atoms with Gasteiger partial charge in [-0.15, -0.1) is 24.8 Å². The normalized spacial score (nSPS) is 11.1. The molecule has 6 heteroatoms. The van der Waals surface area contributed by atoms with Gasteiger partial charge in [0.25, 0.3) is 0 Å². The Kier molecular flexibility index (Phi) is 8.93. The predicted molar refractivity (Wildman–Crippen MR) is 91.2 cm³/mol. The first-order valence-electron chi connectivity index (χ1n) is 6.58.